The molecule has 2 heterocycles. The first-order valence-electron chi connectivity index (χ1n) is 7.06. The maximum absolute atomic E-state index is 5.93. The number of anilines is 1. The summed E-state index contributed by atoms with van der Waals surface area (Å²) in [6, 6.07) is 11.8. The molecule has 0 aliphatic carbocycles. The van der Waals surface area contributed by atoms with Crippen molar-refractivity contribution in [2.75, 3.05) is 5.73 Å². The van der Waals surface area contributed by atoms with Gasteiger partial charge in [-0.2, -0.15) is 0 Å². The molecular formula is C17H19N3O. The van der Waals surface area contributed by atoms with E-state index in [0.717, 1.165) is 34.0 Å². The van der Waals surface area contributed by atoms with Crippen molar-refractivity contribution in [3.05, 3.63) is 48.3 Å². The summed E-state index contributed by atoms with van der Waals surface area (Å²) in [5.74, 6) is 0.873. The topological polar surface area (TPSA) is 52.5 Å². The van der Waals surface area contributed by atoms with E-state index in [0.29, 0.717) is 0 Å². The molecule has 0 aliphatic heterocycles. The predicted molar refractivity (Wildman–Crippen MR) is 85.5 cm³/mol. The Morgan fingerprint density at radius 3 is 2.48 bits per heavy atom. The number of fused-ring (bicyclic) bond motifs is 1. The first kappa shape index (κ1) is 13.5. The fourth-order valence-corrected chi connectivity index (χ4v) is 2.32. The molecule has 1 aromatic carbocycles. The molecule has 2 aromatic heterocycles. The minimum Gasteiger partial charge on any atom is -0.491 e. The van der Waals surface area contributed by atoms with E-state index >= 15 is 0 Å². The smallest absolute Gasteiger partial charge is 0.137 e. The van der Waals surface area contributed by atoms with Crippen molar-refractivity contribution in [3.8, 4) is 17.0 Å². The highest BCUT2D eigenvalue weighted by atomic mass is 16.5. The van der Waals surface area contributed by atoms with Crippen LogP contribution >= 0.6 is 0 Å². The Morgan fingerprint density at radius 1 is 1.10 bits per heavy atom. The lowest BCUT2D eigenvalue weighted by molar-refractivity contribution is 0.242. The average Bonchev–Trinajstić information content (AvgIpc) is 2.88. The number of pyridine rings is 1. The number of rotatable bonds is 3. The molecule has 0 spiro atoms. The molecule has 0 radical (unpaired) electrons. The molecule has 108 valence electrons. The molecule has 3 rings (SSSR count). The second-order valence-electron chi connectivity index (χ2n) is 5.42. The van der Waals surface area contributed by atoms with Crippen molar-refractivity contribution in [1.29, 1.82) is 0 Å². The minimum absolute atomic E-state index is 0.177. The number of hydrogen-bond acceptors (Lipinski definition) is 3. The number of hydrogen-bond donors (Lipinski definition) is 1. The fraction of sp³-hybridized carbons (Fsp3) is 0.235. The molecule has 2 N–H and O–H groups in total. The second kappa shape index (κ2) is 5.13. The van der Waals surface area contributed by atoms with Gasteiger partial charge in [0.05, 0.1) is 17.5 Å². The van der Waals surface area contributed by atoms with Crippen LogP contribution in [0.3, 0.4) is 0 Å². The number of nitrogens with two attached hydrogens (primary N) is 1. The standard InChI is InChI=1S/C17H19N3O/c1-11(2)21-14-6-4-13(5-7-14)16-10-20-12(3)15(18)8-9-17(20)19-16/h4-11H,18H2,1-3H3. The zero-order valence-corrected chi connectivity index (χ0v) is 12.5. The number of benzene rings is 1. The van der Waals surface area contributed by atoms with Gasteiger partial charge in [0.25, 0.3) is 0 Å². The summed E-state index contributed by atoms with van der Waals surface area (Å²) in [5.41, 5.74) is 10.6. The van der Waals surface area contributed by atoms with Crippen LogP contribution in [0, 0.1) is 6.92 Å². The monoisotopic (exact) mass is 281 g/mol. The second-order valence-corrected chi connectivity index (χ2v) is 5.42. The van der Waals surface area contributed by atoms with E-state index in [2.05, 4.69) is 4.98 Å². The van der Waals surface area contributed by atoms with Crippen LogP contribution in [-0.2, 0) is 0 Å². The van der Waals surface area contributed by atoms with Crippen LogP contribution in [0.25, 0.3) is 16.9 Å². The Balaban J connectivity index is 1.98. The summed E-state index contributed by atoms with van der Waals surface area (Å²) in [5, 5.41) is 0. The number of aromatic nitrogens is 2. The van der Waals surface area contributed by atoms with Gasteiger partial charge in [-0.15, -0.1) is 0 Å². The van der Waals surface area contributed by atoms with E-state index in [1.54, 1.807) is 0 Å². The van der Waals surface area contributed by atoms with Gasteiger partial charge in [-0.05, 0) is 57.2 Å². The van der Waals surface area contributed by atoms with E-state index < -0.39 is 0 Å². The summed E-state index contributed by atoms with van der Waals surface area (Å²) in [6.45, 7) is 6.03. The van der Waals surface area contributed by atoms with Crippen LogP contribution in [0.4, 0.5) is 5.69 Å². The van der Waals surface area contributed by atoms with Gasteiger partial charge in [0.1, 0.15) is 11.4 Å². The summed E-state index contributed by atoms with van der Waals surface area (Å²) in [7, 11) is 0. The number of nitrogen functional groups attached to an aromatic ring is 1. The van der Waals surface area contributed by atoms with Crippen LogP contribution in [0.2, 0.25) is 0 Å². The zero-order chi connectivity index (χ0) is 15.0. The molecule has 21 heavy (non-hydrogen) atoms. The number of ether oxygens (including phenoxy) is 1. The molecule has 0 fully saturated rings. The van der Waals surface area contributed by atoms with E-state index in [4.69, 9.17) is 10.5 Å². The summed E-state index contributed by atoms with van der Waals surface area (Å²) >= 11 is 0. The lowest BCUT2D eigenvalue weighted by Crippen LogP contribution is -2.05. The highest BCUT2D eigenvalue weighted by molar-refractivity contribution is 5.65. The van der Waals surface area contributed by atoms with Gasteiger partial charge >= 0.3 is 0 Å². The molecule has 0 atom stereocenters. The number of aryl methyl sites for hydroxylation is 1. The van der Waals surface area contributed by atoms with Crippen LogP contribution in [0.1, 0.15) is 19.5 Å². The maximum atomic E-state index is 5.93. The minimum atomic E-state index is 0.177. The summed E-state index contributed by atoms with van der Waals surface area (Å²) < 4.78 is 7.67. The molecule has 0 bridgehead atoms. The van der Waals surface area contributed by atoms with Gasteiger partial charge in [0.15, 0.2) is 0 Å². The molecule has 0 saturated carbocycles. The van der Waals surface area contributed by atoms with Gasteiger partial charge in [0, 0.05) is 17.5 Å². The van der Waals surface area contributed by atoms with Gasteiger partial charge in [-0.25, -0.2) is 4.98 Å². The van der Waals surface area contributed by atoms with Crippen molar-refractivity contribution in [3.63, 3.8) is 0 Å². The van der Waals surface area contributed by atoms with Crippen molar-refractivity contribution < 1.29 is 4.74 Å². The quantitative estimate of drug-likeness (QED) is 0.796. The Labute approximate surface area is 124 Å². The third-order valence-corrected chi connectivity index (χ3v) is 3.45. The van der Waals surface area contributed by atoms with Gasteiger partial charge in [-0.1, -0.05) is 0 Å². The maximum Gasteiger partial charge on any atom is 0.137 e. The van der Waals surface area contributed by atoms with E-state index in [1.807, 2.05) is 67.8 Å². The van der Waals surface area contributed by atoms with Crippen molar-refractivity contribution >= 4 is 11.3 Å². The largest absolute Gasteiger partial charge is 0.491 e. The number of nitrogens with zero attached hydrogens (tertiary/aromatic N) is 2. The highest BCUT2D eigenvalue weighted by Crippen LogP contribution is 2.24. The van der Waals surface area contributed by atoms with E-state index in [-0.39, 0.29) is 6.10 Å². The average molecular weight is 281 g/mol. The van der Waals surface area contributed by atoms with Gasteiger partial charge in [0.2, 0.25) is 0 Å². The van der Waals surface area contributed by atoms with Gasteiger partial charge < -0.3 is 14.9 Å². The number of imidazole rings is 1. The third-order valence-electron chi connectivity index (χ3n) is 3.45. The van der Waals surface area contributed by atoms with Crippen LogP contribution in [-0.4, -0.2) is 15.5 Å². The Bertz CT molecular complexity index is 773. The molecule has 4 heteroatoms. The molecular weight excluding hydrogens is 262 g/mol. The third kappa shape index (κ3) is 2.57. The molecule has 3 aromatic rings. The van der Waals surface area contributed by atoms with E-state index in [1.165, 1.54) is 0 Å². The molecule has 0 amide bonds. The fourth-order valence-electron chi connectivity index (χ4n) is 2.32. The molecule has 0 saturated heterocycles. The molecule has 0 unspecified atom stereocenters. The summed E-state index contributed by atoms with van der Waals surface area (Å²) in [4.78, 5) is 4.64. The van der Waals surface area contributed by atoms with Crippen molar-refractivity contribution in [2.45, 2.75) is 26.9 Å². The molecule has 4 nitrogen and oxygen atoms in total. The van der Waals surface area contributed by atoms with Crippen LogP contribution in [0.15, 0.2) is 42.6 Å². The first-order chi connectivity index (χ1) is 10.0. The SMILES string of the molecule is Cc1c(N)ccc2nc(-c3ccc(OC(C)C)cc3)cn12. The highest BCUT2D eigenvalue weighted by Gasteiger charge is 2.07. The zero-order valence-electron chi connectivity index (χ0n) is 12.5. The Morgan fingerprint density at radius 2 is 1.81 bits per heavy atom. The Kier molecular flexibility index (Phi) is 3.29. The normalized spacial score (nSPS) is 11.2. The lowest BCUT2D eigenvalue weighted by atomic mass is 10.1. The first-order valence-corrected chi connectivity index (χ1v) is 7.06. The molecule has 0 aliphatic rings. The van der Waals surface area contributed by atoms with Gasteiger partial charge in [-0.3, -0.25) is 0 Å². The predicted octanol–water partition coefficient (Wildman–Crippen LogP) is 3.68. The van der Waals surface area contributed by atoms with E-state index in [9.17, 15) is 0 Å². The summed E-state index contributed by atoms with van der Waals surface area (Å²) in [6.07, 6.45) is 2.19. The van der Waals surface area contributed by atoms with Crippen LogP contribution < -0.4 is 10.5 Å². The lowest BCUT2D eigenvalue weighted by Gasteiger charge is -2.09. The Hall–Kier alpha value is -2.49. The van der Waals surface area contributed by atoms with Crippen molar-refractivity contribution in [2.24, 2.45) is 0 Å². The van der Waals surface area contributed by atoms with Crippen LogP contribution in [0.5, 0.6) is 5.75 Å². The van der Waals surface area contributed by atoms with Crippen molar-refractivity contribution in [1.82, 2.24) is 9.38 Å².